The van der Waals surface area contributed by atoms with Gasteiger partial charge in [0.2, 0.25) is 5.91 Å². The van der Waals surface area contributed by atoms with Crippen LogP contribution in [0.1, 0.15) is 28.9 Å². The number of hydrogen-bond donors (Lipinski definition) is 2. The Hall–Kier alpha value is -2.82. The quantitative estimate of drug-likeness (QED) is 0.805. The number of carbonyl (C=O) groups excluding carboxylic acids is 2. The lowest BCUT2D eigenvalue weighted by Gasteiger charge is -2.15. The van der Waals surface area contributed by atoms with Crippen LogP contribution < -0.4 is 10.6 Å². The maximum atomic E-state index is 12.0. The number of methoxy groups -OCH3 is 1. The SMILES string of the molecule is COC(=O)c1ccc(NCC(=O)N[C@H](C)c2ccccc2)cc1. The van der Waals surface area contributed by atoms with E-state index in [0.717, 1.165) is 11.3 Å². The zero-order valence-electron chi connectivity index (χ0n) is 13.2. The van der Waals surface area contributed by atoms with E-state index < -0.39 is 0 Å². The zero-order valence-corrected chi connectivity index (χ0v) is 13.2. The summed E-state index contributed by atoms with van der Waals surface area (Å²) in [5.74, 6) is -0.482. The highest BCUT2D eigenvalue weighted by molar-refractivity contribution is 5.89. The maximum absolute atomic E-state index is 12.0. The van der Waals surface area contributed by atoms with E-state index in [1.54, 1.807) is 24.3 Å². The van der Waals surface area contributed by atoms with Crippen LogP contribution in [-0.4, -0.2) is 25.5 Å². The summed E-state index contributed by atoms with van der Waals surface area (Å²) in [4.78, 5) is 23.3. The molecule has 0 heterocycles. The van der Waals surface area contributed by atoms with Gasteiger partial charge in [0.1, 0.15) is 0 Å². The van der Waals surface area contributed by atoms with Gasteiger partial charge in [-0.05, 0) is 36.8 Å². The minimum Gasteiger partial charge on any atom is -0.465 e. The first-order chi connectivity index (χ1) is 11.1. The zero-order chi connectivity index (χ0) is 16.7. The summed E-state index contributed by atoms with van der Waals surface area (Å²) in [6.07, 6.45) is 0. The fourth-order valence-corrected chi connectivity index (χ4v) is 2.14. The van der Waals surface area contributed by atoms with E-state index in [0.29, 0.717) is 5.56 Å². The van der Waals surface area contributed by atoms with E-state index in [4.69, 9.17) is 0 Å². The van der Waals surface area contributed by atoms with Crippen LogP contribution in [0.4, 0.5) is 5.69 Å². The minimum absolute atomic E-state index is 0.0489. The van der Waals surface area contributed by atoms with Gasteiger partial charge >= 0.3 is 5.97 Å². The predicted molar refractivity (Wildman–Crippen MR) is 89.3 cm³/mol. The number of esters is 1. The minimum atomic E-state index is -0.383. The molecule has 23 heavy (non-hydrogen) atoms. The molecule has 0 saturated heterocycles. The standard InChI is InChI=1S/C18H20N2O3/c1-13(14-6-4-3-5-7-14)20-17(21)12-19-16-10-8-15(9-11-16)18(22)23-2/h3-11,13,19H,12H2,1-2H3,(H,20,21)/t13-/m1/s1. The normalized spacial score (nSPS) is 11.4. The molecule has 2 N–H and O–H groups in total. The third kappa shape index (κ3) is 4.85. The molecule has 0 radical (unpaired) electrons. The fraction of sp³-hybridized carbons (Fsp3) is 0.222. The molecule has 0 aromatic heterocycles. The monoisotopic (exact) mass is 312 g/mol. The average Bonchev–Trinajstić information content (AvgIpc) is 2.60. The van der Waals surface area contributed by atoms with Crippen LogP contribution in [0.15, 0.2) is 54.6 Å². The third-order valence-electron chi connectivity index (χ3n) is 3.44. The summed E-state index contributed by atoms with van der Waals surface area (Å²) in [5.41, 5.74) is 2.30. The summed E-state index contributed by atoms with van der Waals surface area (Å²) in [6.45, 7) is 2.10. The smallest absolute Gasteiger partial charge is 0.337 e. The average molecular weight is 312 g/mol. The summed E-state index contributed by atoms with van der Waals surface area (Å²) >= 11 is 0. The Morgan fingerprint density at radius 2 is 1.70 bits per heavy atom. The largest absolute Gasteiger partial charge is 0.465 e. The van der Waals surface area contributed by atoms with Gasteiger partial charge in [-0.15, -0.1) is 0 Å². The first-order valence-electron chi connectivity index (χ1n) is 7.36. The fourth-order valence-electron chi connectivity index (χ4n) is 2.14. The summed E-state index contributed by atoms with van der Waals surface area (Å²) in [6, 6.07) is 16.5. The van der Waals surface area contributed by atoms with E-state index in [2.05, 4.69) is 15.4 Å². The first-order valence-corrected chi connectivity index (χ1v) is 7.36. The molecular formula is C18H20N2O3. The van der Waals surface area contributed by atoms with Gasteiger partial charge in [0.15, 0.2) is 0 Å². The number of ether oxygens (including phenoxy) is 1. The molecule has 2 aromatic rings. The molecule has 0 aliphatic heterocycles. The van der Waals surface area contributed by atoms with Crippen molar-refractivity contribution in [3.63, 3.8) is 0 Å². The van der Waals surface area contributed by atoms with Gasteiger partial charge in [-0.3, -0.25) is 4.79 Å². The number of benzene rings is 2. The molecule has 0 unspecified atom stereocenters. The van der Waals surface area contributed by atoms with Gasteiger partial charge < -0.3 is 15.4 Å². The van der Waals surface area contributed by atoms with Gasteiger partial charge in [0, 0.05) is 5.69 Å². The highest BCUT2D eigenvalue weighted by atomic mass is 16.5. The molecule has 5 nitrogen and oxygen atoms in total. The molecule has 0 spiro atoms. The number of nitrogens with one attached hydrogen (secondary N) is 2. The lowest BCUT2D eigenvalue weighted by Crippen LogP contribution is -2.32. The van der Waals surface area contributed by atoms with Gasteiger partial charge in [-0.1, -0.05) is 30.3 Å². The highest BCUT2D eigenvalue weighted by Crippen LogP contribution is 2.12. The van der Waals surface area contributed by atoms with Crippen LogP contribution in [0, 0.1) is 0 Å². The van der Waals surface area contributed by atoms with E-state index in [9.17, 15) is 9.59 Å². The maximum Gasteiger partial charge on any atom is 0.337 e. The van der Waals surface area contributed by atoms with Crippen molar-refractivity contribution in [1.82, 2.24) is 5.32 Å². The molecule has 0 fully saturated rings. The van der Waals surface area contributed by atoms with Crippen molar-refractivity contribution in [2.45, 2.75) is 13.0 Å². The molecule has 1 atom stereocenters. The summed E-state index contributed by atoms with van der Waals surface area (Å²) in [5, 5.41) is 5.95. The Labute approximate surface area is 135 Å². The van der Waals surface area contributed by atoms with Crippen LogP contribution in [0.25, 0.3) is 0 Å². The molecule has 0 saturated carbocycles. The molecule has 0 bridgehead atoms. The van der Waals surface area contributed by atoms with Gasteiger partial charge in [0.05, 0.1) is 25.3 Å². The second kappa shape index (κ2) is 7.98. The summed E-state index contributed by atoms with van der Waals surface area (Å²) in [7, 11) is 1.34. The van der Waals surface area contributed by atoms with Crippen LogP contribution in [-0.2, 0) is 9.53 Å². The Kier molecular flexibility index (Phi) is 5.74. The van der Waals surface area contributed by atoms with Crippen molar-refractivity contribution in [3.05, 3.63) is 65.7 Å². The Morgan fingerprint density at radius 3 is 2.30 bits per heavy atom. The van der Waals surface area contributed by atoms with E-state index in [1.165, 1.54) is 7.11 Å². The van der Waals surface area contributed by atoms with E-state index in [1.807, 2.05) is 37.3 Å². The number of carbonyl (C=O) groups is 2. The number of hydrogen-bond acceptors (Lipinski definition) is 4. The lowest BCUT2D eigenvalue weighted by atomic mass is 10.1. The van der Waals surface area contributed by atoms with Crippen molar-refractivity contribution in [1.29, 1.82) is 0 Å². The summed E-state index contributed by atoms with van der Waals surface area (Å²) < 4.78 is 4.64. The van der Waals surface area contributed by atoms with Crippen molar-refractivity contribution in [2.75, 3.05) is 19.0 Å². The lowest BCUT2D eigenvalue weighted by molar-refractivity contribution is -0.120. The molecule has 0 aliphatic carbocycles. The van der Waals surface area contributed by atoms with Crippen LogP contribution in [0.5, 0.6) is 0 Å². The third-order valence-corrected chi connectivity index (χ3v) is 3.44. The molecule has 5 heteroatoms. The van der Waals surface area contributed by atoms with E-state index >= 15 is 0 Å². The number of anilines is 1. The Morgan fingerprint density at radius 1 is 1.04 bits per heavy atom. The van der Waals surface area contributed by atoms with Crippen LogP contribution in [0.3, 0.4) is 0 Å². The Balaban J connectivity index is 1.83. The number of rotatable bonds is 6. The van der Waals surface area contributed by atoms with Gasteiger partial charge in [-0.2, -0.15) is 0 Å². The van der Waals surface area contributed by atoms with Crippen molar-refractivity contribution >= 4 is 17.6 Å². The molecular weight excluding hydrogens is 292 g/mol. The Bertz CT molecular complexity index is 654. The second-order valence-corrected chi connectivity index (χ2v) is 5.12. The molecule has 2 aromatic carbocycles. The van der Waals surface area contributed by atoms with Gasteiger partial charge in [0.25, 0.3) is 0 Å². The molecule has 120 valence electrons. The first kappa shape index (κ1) is 16.5. The highest BCUT2D eigenvalue weighted by Gasteiger charge is 2.09. The van der Waals surface area contributed by atoms with Crippen molar-refractivity contribution in [2.24, 2.45) is 0 Å². The van der Waals surface area contributed by atoms with Crippen molar-refractivity contribution in [3.8, 4) is 0 Å². The predicted octanol–water partition coefficient (Wildman–Crippen LogP) is 2.76. The molecule has 1 amide bonds. The van der Waals surface area contributed by atoms with Crippen LogP contribution in [0.2, 0.25) is 0 Å². The van der Waals surface area contributed by atoms with E-state index in [-0.39, 0.29) is 24.5 Å². The topological polar surface area (TPSA) is 67.4 Å². The molecule has 2 rings (SSSR count). The van der Waals surface area contributed by atoms with Crippen molar-refractivity contribution < 1.29 is 14.3 Å². The van der Waals surface area contributed by atoms with Crippen LogP contribution >= 0.6 is 0 Å². The van der Waals surface area contributed by atoms with Gasteiger partial charge in [-0.25, -0.2) is 4.79 Å². The number of amides is 1. The second-order valence-electron chi connectivity index (χ2n) is 5.12. The molecule has 0 aliphatic rings.